The lowest BCUT2D eigenvalue weighted by Crippen LogP contribution is -2.50. The summed E-state index contributed by atoms with van der Waals surface area (Å²) in [4.78, 5) is 11.3. The predicted molar refractivity (Wildman–Crippen MR) is 113 cm³/mol. The zero-order valence-electron chi connectivity index (χ0n) is 15.8. The van der Waals surface area contributed by atoms with Crippen molar-refractivity contribution in [3.63, 3.8) is 0 Å². The van der Waals surface area contributed by atoms with Gasteiger partial charge in [0.2, 0.25) is 0 Å². The molecule has 2 aliphatic heterocycles. The molecule has 3 rings (SSSR count). The molecule has 1 aromatic heterocycles. The van der Waals surface area contributed by atoms with Gasteiger partial charge in [-0.2, -0.15) is 0 Å². The molecule has 8 heteroatoms. The van der Waals surface area contributed by atoms with E-state index in [1.807, 2.05) is 18.7 Å². The fourth-order valence-corrected chi connectivity index (χ4v) is 3.65. The number of aromatic nitrogens is 2. The highest BCUT2D eigenvalue weighted by Gasteiger charge is 2.32. The lowest BCUT2D eigenvalue weighted by molar-refractivity contribution is -0.0567. The van der Waals surface area contributed by atoms with Crippen molar-refractivity contribution in [2.24, 2.45) is 10.9 Å². The van der Waals surface area contributed by atoms with Gasteiger partial charge in [-0.15, -0.1) is 24.0 Å². The van der Waals surface area contributed by atoms with Crippen LogP contribution in [0.15, 0.2) is 23.7 Å². The number of hydrogen-bond acceptors (Lipinski definition) is 4. The third kappa shape index (κ3) is 5.32. The van der Waals surface area contributed by atoms with E-state index >= 15 is 0 Å². The van der Waals surface area contributed by atoms with Crippen molar-refractivity contribution in [1.82, 2.24) is 19.8 Å². The summed E-state index contributed by atoms with van der Waals surface area (Å²) in [5.74, 6) is 1.51. The maximum absolute atomic E-state index is 10.7. The van der Waals surface area contributed by atoms with Crippen LogP contribution in [0.25, 0.3) is 0 Å². The molecule has 0 spiro atoms. The number of nitrogens with one attached hydrogen (secondary N) is 1. The fraction of sp³-hybridized carbons (Fsp3) is 0.778. The molecule has 2 saturated heterocycles. The maximum Gasteiger partial charge on any atom is 0.194 e. The Morgan fingerprint density at radius 3 is 2.85 bits per heavy atom. The zero-order chi connectivity index (χ0) is 17.7. The van der Waals surface area contributed by atoms with Crippen LogP contribution in [0, 0.1) is 5.92 Å². The average Bonchev–Trinajstić information content (AvgIpc) is 3.14. The van der Waals surface area contributed by atoms with E-state index in [0.29, 0.717) is 44.6 Å². The van der Waals surface area contributed by atoms with Crippen LogP contribution in [-0.4, -0.2) is 70.5 Å². The summed E-state index contributed by atoms with van der Waals surface area (Å²) in [6.45, 7) is 8.77. The molecule has 7 nitrogen and oxygen atoms in total. The van der Waals surface area contributed by atoms with Crippen molar-refractivity contribution in [2.45, 2.75) is 44.8 Å². The molecule has 26 heavy (non-hydrogen) atoms. The van der Waals surface area contributed by atoms with Crippen LogP contribution in [0.1, 0.15) is 39.2 Å². The third-order valence-corrected chi connectivity index (χ3v) is 5.41. The molecule has 0 saturated carbocycles. The maximum atomic E-state index is 10.7. The number of aliphatic imine (C=N–C) groups is 1. The van der Waals surface area contributed by atoms with E-state index in [9.17, 15) is 5.11 Å². The molecule has 2 N–H and O–H groups in total. The van der Waals surface area contributed by atoms with Crippen molar-refractivity contribution in [3.8, 4) is 0 Å². The third-order valence-electron chi connectivity index (χ3n) is 5.41. The summed E-state index contributed by atoms with van der Waals surface area (Å²) >= 11 is 0. The first-order valence-electron chi connectivity index (χ1n) is 9.42. The normalized spacial score (nSPS) is 26.3. The molecular formula is C18H32IN5O2. The van der Waals surface area contributed by atoms with Crippen molar-refractivity contribution in [2.75, 3.05) is 39.4 Å². The molecule has 2 unspecified atom stereocenters. The molecule has 0 aromatic carbocycles. The molecule has 0 bridgehead atoms. The first-order chi connectivity index (χ1) is 12.1. The Kier molecular flexibility index (Phi) is 8.15. The second-order valence-corrected chi connectivity index (χ2v) is 7.30. The number of ether oxygens (including phenoxy) is 1. The van der Waals surface area contributed by atoms with Gasteiger partial charge in [-0.3, -0.25) is 4.99 Å². The summed E-state index contributed by atoms with van der Waals surface area (Å²) in [6, 6.07) is 0.395. The highest BCUT2D eigenvalue weighted by atomic mass is 127. The molecule has 3 heterocycles. The highest BCUT2D eigenvalue weighted by Crippen LogP contribution is 2.27. The second kappa shape index (κ2) is 9.89. The Morgan fingerprint density at radius 1 is 1.42 bits per heavy atom. The molecular weight excluding hydrogens is 445 g/mol. The molecule has 2 atom stereocenters. The number of imidazole rings is 1. The van der Waals surface area contributed by atoms with Crippen LogP contribution >= 0.6 is 24.0 Å². The minimum absolute atomic E-state index is 0. The van der Waals surface area contributed by atoms with Gasteiger partial charge in [0.25, 0.3) is 0 Å². The molecule has 1 aromatic rings. The average molecular weight is 477 g/mol. The lowest BCUT2D eigenvalue weighted by Gasteiger charge is -2.39. The Morgan fingerprint density at radius 2 is 2.19 bits per heavy atom. The highest BCUT2D eigenvalue weighted by molar-refractivity contribution is 14.0. The van der Waals surface area contributed by atoms with Crippen LogP contribution in [0.2, 0.25) is 0 Å². The van der Waals surface area contributed by atoms with Crippen molar-refractivity contribution < 1.29 is 9.84 Å². The quantitative estimate of drug-likeness (QED) is 0.394. The minimum atomic E-state index is -0.730. The van der Waals surface area contributed by atoms with Gasteiger partial charge in [-0.1, -0.05) is 6.92 Å². The van der Waals surface area contributed by atoms with Gasteiger partial charge in [0, 0.05) is 58.1 Å². The molecule has 2 fully saturated rings. The van der Waals surface area contributed by atoms with Crippen LogP contribution in [0.4, 0.5) is 0 Å². The zero-order valence-corrected chi connectivity index (χ0v) is 18.1. The topological polar surface area (TPSA) is 74.9 Å². The van der Waals surface area contributed by atoms with Gasteiger partial charge < -0.3 is 24.6 Å². The molecule has 2 aliphatic rings. The molecule has 0 aliphatic carbocycles. The first-order valence-corrected chi connectivity index (χ1v) is 9.42. The number of guanidine groups is 1. The Hall–Kier alpha value is -0.870. The predicted octanol–water partition coefficient (Wildman–Crippen LogP) is 1.89. The van der Waals surface area contributed by atoms with E-state index in [-0.39, 0.29) is 24.0 Å². The van der Waals surface area contributed by atoms with Gasteiger partial charge in [0.1, 0.15) is 0 Å². The Bertz CT molecular complexity index is 560. The van der Waals surface area contributed by atoms with E-state index in [0.717, 1.165) is 32.0 Å². The SMILES string of the molecule is CCNC(=NCC1(O)CCOCC1)N1CCC(C)C(n2ccnc2)C1.I. The van der Waals surface area contributed by atoms with Crippen molar-refractivity contribution >= 4 is 29.9 Å². The van der Waals surface area contributed by atoms with Crippen LogP contribution < -0.4 is 5.32 Å². The van der Waals surface area contributed by atoms with Crippen molar-refractivity contribution in [3.05, 3.63) is 18.7 Å². The monoisotopic (exact) mass is 477 g/mol. The smallest absolute Gasteiger partial charge is 0.194 e. The van der Waals surface area contributed by atoms with E-state index in [4.69, 9.17) is 9.73 Å². The number of nitrogens with zero attached hydrogens (tertiary/aromatic N) is 4. The van der Waals surface area contributed by atoms with E-state index in [2.05, 4.69) is 33.6 Å². The Balaban J connectivity index is 0.00000243. The second-order valence-electron chi connectivity index (χ2n) is 7.30. The van der Waals surface area contributed by atoms with Gasteiger partial charge in [0.05, 0.1) is 24.5 Å². The summed E-state index contributed by atoms with van der Waals surface area (Å²) in [6.07, 6.45) is 8.21. The number of likely N-dealkylation sites (tertiary alicyclic amines) is 1. The van der Waals surface area contributed by atoms with Crippen LogP contribution in [0.3, 0.4) is 0 Å². The van der Waals surface area contributed by atoms with Gasteiger partial charge in [-0.25, -0.2) is 4.98 Å². The first kappa shape index (κ1) is 21.4. The van der Waals surface area contributed by atoms with E-state index in [1.165, 1.54) is 0 Å². The molecule has 148 valence electrons. The van der Waals surface area contributed by atoms with Crippen LogP contribution in [-0.2, 0) is 4.74 Å². The van der Waals surface area contributed by atoms with Gasteiger partial charge >= 0.3 is 0 Å². The summed E-state index contributed by atoms with van der Waals surface area (Å²) in [7, 11) is 0. The number of aliphatic hydroxyl groups is 1. The lowest BCUT2D eigenvalue weighted by atomic mass is 9.93. The number of piperidine rings is 1. The van der Waals surface area contributed by atoms with E-state index < -0.39 is 5.60 Å². The van der Waals surface area contributed by atoms with E-state index in [1.54, 1.807) is 0 Å². The fourth-order valence-electron chi connectivity index (χ4n) is 3.65. The largest absolute Gasteiger partial charge is 0.388 e. The minimum Gasteiger partial charge on any atom is -0.388 e. The van der Waals surface area contributed by atoms with Gasteiger partial charge in [-0.05, 0) is 19.3 Å². The molecule has 0 radical (unpaired) electrons. The van der Waals surface area contributed by atoms with Crippen molar-refractivity contribution in [1.29, 1.82) is 0 Å². The van der Waals surface area contributed by atoms with Crippen LogP contribution in [0.5, 0.6) is 0 Å². The Labute approximate surface area is 173 Å². The number of hydrogen-bond donors (Lipinski definition) is 2. The standard InChI is InChI=1S/C18H31N5O2.HI/c1-3-20-17(21-13-18(24)5-10-25-11-6-18)22-8-4-15(2)16(12-22)23-9-7-19-14-23;/h7,9,14-16,24H,3-6,8,10-13H2,1-2H3,(H,20,21);1H. The van der Waals surface area contributed by atoms with Gasteiger partial charge in [0.15, 0.2) is 5.96 Å². The number of rotatable bonds is 4. The molecule has 0 amide bonds. The summed E-state index contributed by atoms with van der Waals surface area (Å²) < 4.78 is 7.56. The summed E-state index contributed by atoms with van der Waals surface area (Å²) in [5.41, 5.74) is -0.730. The summed E-state index contributed by atoms with van der Waals surface area (Å²) in [5, 5.41) is 14.1. The number of halogens is 1.